The number of nitrogen functional groups attached to an aromatic ring is 1. The highest BCUT2D eigenvalue weighted by Gasteiger charge is 2.35. The molecular weight excluding hydrogens is 238 g/mol. The van der Waals surface area contributed by atoms with Gasteiger partial charge in [0.15, 0.2) is 0 Å². The maximum absolute atomic E-state index is 12.5. The molecule has 0 saturated heterocycles. The second-order valence-corrected chi connectivity index (χ2v) is 4.49. The van der Waals surface area contributed by atoms with E-state index in [1.807, 2.05) is 6.07 Å². The maximum atomic E-state index is 12.5. The van der Waals surface area contributed by atoms with Crippen LogP contribution < -0.4 is 5.73 Å². The summed E-state index contributed by atoms with van der Waals surface area (Å²) < 4.78 is 23.9. The van der Waals surface area contributed by atoms with Crippen molar-refractivity contribution in [1.82, 2.24) is 4.90 Å². The van der Waals surface area contributed by atoms with Gasteiger partial charge in [-0.25, -0.2) is 4.99 Å². The van der Waals surface area contributed by atoms with Gasteiger partial charge < -0.3 is 5.73 Å². The fourth-order valence-electron chi connectivity index (χ4n) is 2.45. The van der Waals surface area contributed by atoms with Crippen LogP contribution >= 0.6 is 0 Å². The van der Waals surface area contributed by atoms with Gasteiger partial charge in [0.2, 0.25) is 0 Å². The first-order valence-corrected chi connectivity index (χ1v) is 5.88. The van der Waals surface area contributed by atoms with Crippen LogP contribution in [0.1, 0.15) is 25.6 Å². The lowest BCUT2D eigenvalue weighted by atomic mass is 10.1. The highest BCUT2D eigenvalue weighted by molar-refractivity contribution is 6.24. The fraction of sp³-hybridized carbons (Fsp3) is 0.0667. The molecule has 0 atom stereocenters. The average molecular weight is 252 g/mol. The molecule has 4 rings (SSSR count). The molecule has 4 nitrogen and oxygen atoms in total. The molecule has 0 radical (unpaired) electrons. The van der Waals surface area contributed by atoms with E-state index >= 15 is 0 Å². The fourth-order valence-corrected chi connectivity index (χ4v) is 2.45. The van der Waals surface area contributed by atoms with Gasteiger partial charge in [0.25, 0.3) is 5.91 Å². The number of carbonyl (C=O) groups is 1. The Balaban J connectivity index is 2.02. The molecule has 1 amide bonds. The number of carbonyl (C=O) groups excluding carboxylic acids is 1. The maximum Gasteiger partial charge on any atom is 0.260 e. The minimum absolute atomic E-state index is 0.0254. The van der Waals surface area contributed by atoms with E-state index in [1.54, 1.807) is 18.2 Å². The van der Waals surface area contributed by atoms with Crippen molar-refractivity contribution in [3.8, 4) is 0 Å². The normalized spacial score (nSPS) is 17.9. The molecule has 2 aromatic rings. The van der Waals surface area contributed by atoms with Crippen molar-refractivity contribution in [2.24, 2.45) is 4.99 Å². The molecule has 0 fully saturated rings. The van der Waals surface area contributed by atoms with E-state index in [0.29, 0.717) is 22.5 Å². The average Bonchev–Trinajstić information content (AvgIpc) is 2.82. The van der Waals surface area contributed by atoms with Gasteiger partial charge in [0.1, 0.15) is 5.84 Å². The predicted octanol–water partition coefficient (Wildman–Crippen LogP) is 2.32. The minimum atomic E-state index is -0.195. The zero-order chi connectivity index (χ0) is 15.6. The number of nitrogens with zero attached hydrogens (tertiary/aromatic N) is 2. The topological polar surface area (TPSA) is 58.7 Å². The lowest BCUT2D eigenvalue weighted by Gasteiger charge is -2.23. The van der Waals surface area contributed by atoms with Crippen LogP contribution in [0.15, 0.2) is 47.4 Å². The molecule has 92 valence electrons. The monoisotopic (exact) mass is 252 g/mol. The van der Waals surface area contributed by atoms with Crippen LogP contribution in [0.2, 0.25) is 0 Å². The van der Waals surface area contributed by atoms with E-state index in [-0.39, 0.29) is 42.0 Å². The first-order chi connectivity index (χ1) is 10.5. The van der Waals surface area contributed by atoms with Crippen LogP contribution in [0, 0.1) is 0 Å². The number of nitrogens with two attached hydrogens (primary N) is 1. The van der Waals surface area contributed by atoms with Gasteiger partial charge >= 0.3 is 0 Å². The standard InChI is InChI=1S/C15H11N3O/c16-10-5-6-13-9(7-10)8-18-14(17-13)11-3-1-2-4-12(11)15(18)19/h1-7H,8,16H2/i5D,6D,7D. The predicted molar refractivity (Wildman–Crippen MR) is 73.4 cm³/mol. The first-order valence-electron chi connectivity index (χ1n) is 7.38. The summed E-state index contributed by atoms with van der Waals surface area (Å²) in [6.45, 7) is 0.150. The third-order valence-electron chi connectivity index (χ3n) is 3.32. The van der Waals surface area contributed by atoms with Crippen LogP contribution in [0.4, 0.5) is 11.4 Å². The summed E-state index contributed by atoms with van der Waals surface area (Å²) >= 11 is 0. The summed E-state index contributed by atoms with van der Waals surface area (Å²) in [5, 5.41) is 0. The smallest absolute Gasteiger partial charge is 0.260 e. The van der Waals surface area contributed by atoms with E-state index in [4.69, 9.17) is 9.85 Å². The lowest BCUT2D eigenvalue weighted by Crippen LogP contribution is -2.31. The number of aliphatic imine (C=N–C) groups is 1. The SMILES string of the molecule is [2H]c1c([2H])c2c(c([2H])c1N)CN1C(=O)c3ccccc3C1=N2. The Morgan fingerprint density at radius 2 is 2.05 bits per heavy atom. The van der Waals surface area contributed by atoms with Crippen LogP contribution in [-0.4, -0.2) is 16.6 Å². The molecule has 2 N–H and O–H groups in total. The van der Waals surface area contributed by atoms with Crippen molar-refractivity contribution in [3.63, 3.8) is 0 Å². The van der Waals surface area contributed by atoms with Crippen molar-refractivity contribution in [1.29, 1.82) is 0 Å². The third kappa shape index (κ3) is 1.34. The molecule has 0 aliphatic carbocycles. The zero-order valence-corrected chi connectivity index (χ0v) is 9.90. The molecule has 0 saturated carbocycles. The largest absolute Gasteiger partial charge is 0.399 e. The first kappa shape index (κ1) is 7.74. The number of rotatable bonds is 0. The van der Waals surface area contributed by atoms with Crippen molar-refractivity contribution >= 4 is 23.1 Å². The van der Waals surface area contributed by atoms with Gasteiger partial charge in [-0.3, -0.25) is 9.69 Å². The summed E-state index contributed by atoms with van der Waals surface area (Å²) in [5.41, 5.74) is 7.63. The highest BCUT2D eigenvalue weighted by atomic mass is 16.2. The number of fused-ring (bicyclic) bond motifs is 4. The van der Waals surface area contributed by atoms with Gasteiger partial charge in [-0.15, -0.1) is 0 Å². The third-order valence-corrected chi connectivity index (χ3v) is 3.32. The molecule has 19 heavy (non-hydrogen) atoms. The van der Waals surface area contributed by atoms with Crippen LogP contribution in [-0.2, 0) is 6.54 Å². The number of amidine groups is 1. The minimum Gasteiger partial charge on any atom is -0.399 e. The van der Waals surface area contributed by atoms with Crippen molar-refractivity contribution in [2.45, 2.75) is 6.54 Å². The molecular formula is C15H11N3O. The number of benzene rings is 2. The van der Waals surface area contributed by atoms with Crippen LogP contribution in [0.5, 0.6) is 0 Å². The van der Waals surface area contributed by atoms with E-state index in [2.05, 4.69) is 4.99 Å². The molecule has 2 aliphatic heterocycles. The molecule has 0 unspecified atom stereocenters. The number of amides is 1. The summed E-state index contributed by atoms with van der Waals surface area (Å²) in [6.07, 6.45) is 0. The summed E-state index contributed by atoms with van der Waals surface area (Å²) in [6, 6.07) is 6.82. The Hall–Kier alpha value is -2.62. The molecule has 4 heteroatoms. The van der Waals surface area contributed by atoms with Gasteiger partial charge in [-0.2, -0.15) is 0 Å². The molecule has 2 aliphatic rings. The Labute approximate surface area is 114 Å². The molecule has 2 heterocycles. The second-order valence-electron chi connectivity index (χ2n) is 4.49. The van der Waals surface area contributed by atoms with E-state index in [9.17, 15) is 4.79 Å². The van der Waals surface area contributed by atoms with Gasteiger partial charge in [0, 0.05) is 11.3 Å². The summed E-state index contributed by atoms with van der Waals surface area (Å²) in [7, 11) is 0. The molecule has 0 spiro atoms. The van der Waals surface area contributed by atoms with Gasteiger partial charge in [0.05, 0.1) is 21.9 Å². The van der Waals surface area contributed by atoms with Crippen LogP contribution in [0.25, 0.3) is 0 Å². The zero-order valence-electron chi connectivity index (χ0n) is 12.9. The number of hydrogen-bond acceptors (Lipinski definition) is 3. The van der Waals surface area contributed by atoms with Crippen LogP contribution in [0.3, 0.4) is 0 Å². The van der Waals surface area contributed by atoms with Crippen molar-refractivity contribution in [3.05, 3.63) is 59.1 Å². The lowest BCUT2D eigenvalue weighted by molar-refractivity contribution is 0.0852. The van der Waals surface area contributed by atoms with E-state index in [1.165, 1.54) is 4.90 Å². The van der Waals surface area contributed by atoms with Crippen molar-refractivity contribution in [2.75, 3.05) is 5.73 Å². The molecule has 0 aromatic heterocycles. The molecule has 2 aromatic carbocycles. The number of anilines is 1. The van der Waals surface area contributed by atoms with Gasteiger partial charge in [-0.05, 0) is 29.8 Å². The highest BCUT2D eigenvalue weighted by Crippen LogP contribution is 2.34. The van der Waals surface area contributed by atoms with Gasteiger partial charge in [-0.1, -0.05) is 18.2 Å². The summed E-state index contributed by atoms with van der Waals surface area (Å²) in [5.74, 6) is 0.310. The molecule has 0 bridgehead atoms. The van der Waals surface area contributed by atoms with Crippen molar-refractivity contribution < 1.29 is 8.91 Å². The Kier molecular flexibility index (Phi) is 1.40. The Bertz CT molecular complexity index is 892. The second kappa shape index (κ2) is 3.45. The summed E-state index contributed by atoms with van der Waals surface area (Å²) in [4.78, 5) is 18.4. The number of hydrogen-bond donors (Lipinski definition) is 1. The quantitative estimate of drug-likeness (QED) is 0.731. The Morgan fingerprint density at radius 1 is 1.26 bits per heavy atom. The van der Waals surface area contributed by atoms with E-state index < -0.39 is 0 Å². The van der Waals surface area contributed by atoms with E-state index in [0.717, 1.165) is 0 Å². The Morgan fingerprint density at radius 3 is 2.89 bits per heavy atom.